The maximum atomic E-state index is 12.2. The average molecular weight is 534 g/mol. The van der Waals surface area contributed by atoms with Crippen LogP contribution in [0.1, 0.15) is 28.6 Å². The molecule has 0 aliphatic rings. The third-order valence-corrected chi connectivity index (χ3v) is 4.81. The predicted molar refractivity (Wildman–Crippen MR) is 137 cm³/mol. The van der Waals surface area contributed by atoms with E-state index in [4.69, 9.17) is 9.41 Å². The minimum absolute atomic E-state index is 0. The molecule has 1 amide bonds. The van der Waals surface area contributed by atoms with Crippen LogP contribution in [0.2, 0.25) is 0 Å². The van der Waals surface area contributed by atoms with Crippen LogP contribution in [0.5, 0.6) is 0 Å². The molecule has 0 unspecified atom stereocenters. The van der Waals surface area contributed by atoms with Crippen LogP contribution in [0.3, 0.4) is 0 Å². The first-order valence-electron chi connectivity index (χ1n) is 10.3. The number of nitrogens with one attached hydrogen (secondary N) is 1. The third-order valence-electron chi connectivity index (χ3n) is 4.81. The number of carbonyl (C=O) groups excluding carboxylic acids is 1. The lowest BCUT2D eigenvalue weighted by Crippen LogP contribution is -2.38. The molecule has 31 heavy (non-hydrogen) atoms. The van der Waals surface area contributed by atoms with Crippen molar-refractivity contribution >= 4 is 46.8 Å². The number of guanidine groups is 1. The summed E-state index contributed by atoms with van der Waals surface area (Å²) in [6.07, 6.45) is 0.766. The molecule has 0 bridgehead atoms. The van der Waals surface area contributed by atoms with Crippen LogP contribution < -0.4 is 5.32 Å². The van der Waals surface area contributed by atoms with E-state index in [-0.39, 0.29) is 29.9 Å². The van der Waals surface area contributed by atoms with Gasteiger partial charge < -0.3 is 19.5 Å². The highest BCUT2D eigenvalue weighted by atomic mass is 127. The highest BCUT2D eigenvalue weighted by Gasteiger charge is 2.11. The van der Waals surface area contributed by atoms with Gasteiger partial charge in [0.05, 0.1) is 6.54 Å². The number of furan rings is 1. The molecule has 0 fully saturated rings. The van der Waals surface area contributed by atoms with Gasteiger partial charge in [-0.1, -0.05) is 30.3 Å². The number of nitrogens with zero attached hydrogens (tertiary/aromatic N) is 3. The fourth-order valence-corrected chi connectivity index (χ4v) is 3.30. The van der Waals surface area contributed by atoms with Gasteiger partial charge in [0, 0.05) is 45.2 Å². The number of aliphatic imine (C=N–C) groups is 1. The molecule has 2 aromatic carbocycles. The highest BCUT2D eigenvalue weighted by Crippen LogP contribution is 2.19. The molecule has 6 nitrogen and oxygen atoms in total. The summed E-state index contributed by atoms with van der Waals surface area (Å²) in [7, 11) is 5.53. The molecule has 1 N–H and O–H groups in total. The maximum Gasteiger partial charge on any atom is 0.253 e. The molecule has 0 saturated heterocycles. The van der Waals surface area contributed by atoms with Crippen LogP contribution in [0.15, 0.2) is 64.0 Å². The summed E-state index contributed by atoms with van der Waals surface area (Å²) < 4.78 is 5.94. The largest absolute Gasteiger partial charge is 0.459 e. The molecular formula is C24H31IN4O2. The van der Waals surface area contributed by atoms with Crippen molar-refractivity contribution in [2.45, 2.75) is 19.9 Å². The first kappa shape index (κ1) is 24.7. The molecule has 166 valence electrons. The molecule has 0 radical (unpaired) electrons. The van der Waals surface area contributed by atoms with E-state index in [9.17, 15) is 4.79 Å². The topological polar surface area (TPSA) is 61.1 Å². The van der Waals surface area contributed by atoms with Gasteiger partial charge in [-0.15, -0.1) is 24.0 Å². The summed E-state index contributed by atoms with van der Waals surface area (Å²) in [4.78, 5) is 20.6. The number of halogens is 1. The molecule has 0 aliphatic carbocycles. The van der Waals surface area contributed by atoms with E-state index >= 15 is 0 Å². The van der Waals surface area contributed by atoms with E-state index in [1.165, 1.54) is 0 Å². The van der Waals surface area contributed by atoms with Gasteiger partial charge in [-0.2, -0.15) is 0 Å². The molecule has 7 heteroatoms. The Hall–Kier alpha value is -2.55. The lowest BCUT2D eigenvalue weighted by atomic mass is 10.1. The van der Waals surface area contributed by atoms with E-state index in [1.54, 1.807) is 19.0 Å². The van der Waals surface area contributed by atoms with Gasteiger partial charge in [0.25, 0.3) is 5.91 Å². The molecule has 0 aliphatic heterocycles. The summed E-state index contributed by atoms with van der Waals surface area (Å²) in [5.41, 5.74) is 2.70. The van der Waals surface area contributed by atoms with Gasteiger partial charge in [0.2, 0.25) is 0 Å². The number of amides is 1. The van der Waals surface area contributed by atoms with Crippen molar-refractivity contribution in [2.75, 3.05) is 34.2 Å². The fraction of sp³-hybridized carbons (Fsp3) is 0.333. The van der Waals surface area contributed by atoms with Crippen molar-refractivity contribution in [3.63, 3.8) is 0 Å². The second kappa shape index (κ2) is 11.7. The van der Waals surface area contributed by atoms with Gasteiger partial charge in [-0.05, 0) is 43.2 Å². The highest BCUT2D eigenvalue weighted by molar-refractivity contribution is 14.0. The number of carbonyl (C=O) groups is 1. The van der Waals surface area contributed by atoms with Crippen molar-refractivity contribution in [3.05, 3.63) is 71.5 Å². The van der Waals surface area contributed by atoms with E-state index in [0.717, 1.165) is 41.2 Å². The zero-order valence-electron chi connectivity index (χ0n) is 18.6. The second-order valence-corrected chi connectivity index (χ2v) is 7.49. The molecule has 0 atom stereocenters. The minimum Gasteiger partial charge on any atom is -0.459 e. The predicted octanol–water partition coefficient (Wildman–Crippen LogP) is 4.39. The van der Waals surface area contributed by atoms with Crippen LogP contribution in [0.25, 0.3) is 11.0 Å². The van der Waals surface area contributed by atoms with Crippen LogP contribution in [-0.2, 0) is 13.0 Å². The third kappa shape index (κ3) is 6.72. The Balaban J connectivity index is 0.00000341. The quantitative estimate of drug-likeness (QED) is 0.278. The SMILES string of the molecule is CCNC(=NCCc1cccc(C(=O)N(C)C)c1)N(C)Cc1cc2ccccc2o1.I. The number of hydrogen-bond donors (Lipinski definition) is 1. The zero-order valence-corrected chi connectivity index (χ0v) is 20.9. The summed E-state index contributed by atoms with van der Waals surface area (Å²) >= 11 is 0. The summed E-state index contributed by atoms with van der Waals surface area (Å²) in [5, 5.41) is 4.45. The van der Waals surface area contributed by atoms with Crippen molar-refractivity contribution in [2.24, 2.45) is 4.99 Å². The number of para-hydroxylation sites is 1. The van der Waals surface area contributed by atoms with Crippen molar-refractivity contribution in [1.82, 2.24) is 15.1 Å². The van der Waals surface area contributed by atoms with Crippen LogP contribution in [0.4, 0.5) is 0 Å². The second-order valence-electron chi connectivity index (χ2n) is 7.49. The zero-order chi connectivity index (χ0) is 21.5. The van der Waals surface area contributed by atoms with Crippen molar-refractivity contribution in [3.8, 4) is 0 Å². The standard InChI is InChI=1S/C24H30N4O2.HI/c1-5-25-24(28(4)17-21-16-19-10-6-7-12-22(19)30-21)26-14-13-18-9-8-11-20(15-18)23(29)27(2)3;/h6-12,15-16H,5,13-14,17H2,1-4H3,(H,25,26);1H. The lowest BCUT2D eigenvalue weighted by Gasteiger charge is -2.21. The van der Waals surface area contributed by atoms with Crippen molar-refractivity contribution < 1.29 is 9.21 Å². The van der Waals surface area contributed by atoms with E-state index in [0.29, 0.717) is 18.7 Å². The van der Waals surface area contributed by atoms with E-state index in [1.807, 2.05) is 49.5 Å². The Morgan fingerprint density at radius 3 is 2.55 bits per heavy atom. The number of hydrogen-bond acceptors (Lipinski definition) is 3. The Bertz CT molecular complexity index is 996. The van der Waals surface area contributed by atoms with Crippen LogP contribution in [-0.4, -0.2) is 55.9 Å². The van der Waals surface area contributed by atoms with Gasteiger partial charge in [-0.25, -0.2) is 0 Å². The van der Waals surface area contributed by atoms with Gasteiger partial charge in [-0.3, -0.25) is 9.79 Å². The van der Waals surface area contributed by atoms with Crippen LogP contribution in [0, 0.1) is 0 Å². The summed E-state index contributed by atoms with van der Waals surface area (Å²) in [5.74, 6) is 1.75. The van der Waals surface area contributed by atoms with Gasteiger partial charge in [0.1, 0.15) is 11.3 Å². The Labute approximate surface area is 201 Å². The number of rotatable bonds is 7. The monoisotopic (exact) mass is 534 g/mol. The summed E-state index contributed by atoms with van der Waals surface area (Å²) in [6, 6.07) is 17.8. The van der Waals surface area contributed by atoms with Gasteiger partial charge in [0.15, 0.2) is 5.96 Å². The average Bonchev–Trinajstić information content (AvgIpc) is 3.15. The first-order chi connectivity index (χ1) is 14.5. The lowest BCUT2D eigenvalue weighted by molar-refractivity contribution is 0.0827. The molecule has 1 heterocycles. The number of fused-ring (bicyclic) bond motifs is 1. The van der Waals surface area contributed by atoms with Crippen molar-refractivity contribution in [1.29, 1.82) is 0 Å². The van der Waals surface area contributed by atoms with Crippen LogP contribution >= 0.6 is 24.0 Å². The Kier molecular flexibility index (Phi) is 9.36. The van der Waals surface area contributed by atoms with Gasteiger partial charge >= 0.3 is 0 Å². The fourth-order valence-electron chi connectivity index (χ4n) is 3.30. The first-order valence-corrected chi connectivity index (χ1v) is 10.3. The molecule has 0 saturated carbocycles. The minimum atomic E-state index is 0. The molecular weight excluding hydrogens is 503 g/mol. The van der Waals surface area contributed by atoms with E-state index in [2.05, 4.69) is 29.3 Å². The smallest absolute Gasteiger partial charge is 0.253 e. The number of benzene rings is 2. The summed E-state index contributed by atoms with van der Waals surface area (Å²) in [6.45, 7) is 4.11. The van der Waals surface area contributed by atoms with E-state index < -0.39 is 0 Å². The normalized spacial score (nSPS) is 11.2. The molecule has 3 rings (SSSR count). The molecule has 1 aromatic heterocycles. The molecule has 0 spiro atoms. The Morgan fingerprint density at radius 1 is 1.06 bits per heavy atom. The Morgan fingerprint density at radius 2 is 1.84 bits per heavy atom. The maximum absolute atomic E-state index is 12.2. The molecule has 3 aromatic rings.